The van der Waals surface area contributed by atoms with E-state index in [9.17, 15) is 0 Å². The summed E-state index contributed by atoms with van der Waals surface area (Å²) in [6.45, 7) is 1.98. The van der Waals surface area contributed by atoms with E-state index in [2.05, 4.69) is 56.9 Å². The van der Waals surface area contributed by atoms with Gasteiger partial charge in [0.2, 0.25) is 5.82 Å². The molecule has 0 spiro atoms. The van der Waals surface area contributed by atoms with Crippen LogP contribution in [0.1, 0.15) is 43.8 Å². The first-order valence-electron chi connectivity index (χ1n) is 9.89. The monoisotopic (exact) mass is 386 g/mol. The molecule has 1 unspecified atom stereocenters. The minimum Gasteiger partial charge on any atom is -0.332 e. The van der Waals surface area contributed by atoms with E-state index in [0.717, 1.165) is 35.1 Å². The first-order valence-corrected chi connectivity index (χ1v) is 9.89. The summed E-state index contributed by atoms with van der Waals surface area (Å²) in [5.74, 6) is 0.921. The number of aromatic nitrogens is 5. The van der Waals surface area contributed by atoms with E-state index in [1.807, 2.05) is 29.9 Å². The molecule has 0 aliphatic heterocycles. The van der Waals surface area contributed by atoms with E-state index >= 15 is 0 Å². The number of benzene rings is 2. The van der Waals surface area contributed by atoms with Gasteiger partial charge in [-0.1, -0.05) is 52.8 Å². The molecule has 2 N–H and O–H groups in total. The third kappa shape index (κ3) is 3.45. The van der Waals surface area contributed by atoms with Crippen LogP contribution in [0.4, 0.5) is 0 Å². The Balaban J connectivity index is 1.40. The normalized spacial score (nSPS) is 15.2. The van der Waals surface area contributed by atoms with E-state index in [-0.39, 0.29) is 6.04 Å². The Kier molecular flexibility index (Phi) is 4.44. The Morgan fingerprint density at radius 2 is 1.86 bits per heavy atom. The lowest BCUT2D eigenvalue weighted by Crippen LogP contribution is -2.17. The first kappa shape index (κ1) is 17.8. The zero-order chi connectivity index (χ0) is 19.8. The predicted molar refractivity (Wildman–Crippen MR) is 110 cm³/mol. The lowest BCUT2D eigenvalue weighted by Gasteiger charge is -2.24. The highest BCUT2D eigenvalue weighted by Crippen LogP contribution is 2.32. The fraction of sp³-hybridized carbons (Fsp3) is 0.273. The van der Waals surface area contributed by atoms with Gasteiger partial charge >= 0.3 is 0 Å². The van der Waals surface area contributed by atoms with Crippen molar-refractivity contribution in [2.24, 2.45) is 5.73 Å². The van der Waals surface area contributed by atoms with Crippen molar-refractivity contribution in [3.8, 4) is 34.1 Å². The number of hydrogen-bond acceptors (Lipinski definition) is 6. The Hall–Kier alpha value is -3.32. The molecule has 2 aromatic carbocycles. The molecule has 7 nitrogen and oxygen atoms in total. The summed E-state index contributed by atoms with van der Waals surface area (Å²) < 4.78 is 7.34. The van der Waals surface area contributed by atoms with Gasteiger partial charge in [-0.3, -0.25) is 0 Å². The molecule has 29 heavy (non-hydrogen) atoms. The van der Waals surface area contributed by atoms with E-state index in [1.54, 1.807) is 0 Å². The molecule has 4 aromatic rings. The first-order chi connectivity index (χ1) is 14.2. The minimum absolute atomic E-state index is 0.0235. The molecule has 2 aromatic heterocycles. The second kappa shape index (κ2) is 7.25. The van der Waals surface area contributed by atoms with Crippen LogP contribution in [0.5, 0.6) is 0 Å². The van der Waals surface area contributed by atoms with Crippen molar-refractivity contribution >= 4 is 0 Å². The summed E-state index contributed by atoms with van der Waals surface area (Å²) in [7, 11) is 0. The standard InChI is InChI=1S/C22H22N6O/c1-14(23)15-8-10-16(11-9-15)17-4-2-5-18(12-17)21-24-22(29-26-21)20-13-28(27-25-20)19-6-3-7-19/h2,4-5,8-14,19H,3,6-7,23H2,1H3. The fourth-order valence-electron chi connectivity index (χ4n) is 3.47. The van der Waals surface area contributed by atoms with Gasteiger partial charge in [0.1, 0.15) is 0 Å². The van der Waals surface area contributed by atoms with Gasteiger partial charge in [-0.15, -0.1) is 5.10 Å². The van der Waals surface area contributed by atoms with Gasteiger partial charge in [0, 0.05) is 11.6 Å². The van der Waals surface area contributed by atoms with Crippen molar-refractivity contribution in [3.05, 3.63) is 60.3 Å². The number of rotatable bonds is 5. The van der Waals surface area contributed by atoms with E-state index in [0.29, 0.717) is 23.5 Å². The third-order valence-corrected chi connectivity index (χ3v) is 5.49. The van der Waals surface area contributed by atoms with Gasteiger partial charge in [-0.25, -0.2) is 4.68 Å². The van der Waals surface area contributed by atoms with Crippen LogP contribution >= 0.6 is 0 Å². The molecule has 1 aliphatic rings. The highest BCUT2D eigenvalue weighted by Gasteiger charge is 2.22. The summed E-state index contributed by atoms with van der Waals surface area (Å²) in [6.07, 6.45) is 5.43. The van der Waals surface area contributed by atoms with Crippen LogP contribution in [0, 0.1) is 0 Å². The van der Waals surface area contributed by atoms with Crippen molar-refractivity contribution < 1.29 is 4.52 Å². The summed E-state index contributed by atoms with van der Waals surface area (Å²) in [4.78, 5) is 4.53. The van der Waals surface area contributed by atoms with Gasteiger partial charge in [0.05, 0.1) is 12.2 Å². The van der Waals surface area contributed by atoms with Crippen molar-refractivity contribution in [2.45, 2.75) is 38.3 Å². The summed E-state index contributed by atoms with van der Waals surface area (Å²) in [6, 6.07) is 16.8. The molecule has 146 valence electrons. The fourth-order valence-corrected chi connectivity index (χ4v) is 3.47. The molecule has 5 rings (SSSR count). The average molecular weight is 386 g/mol. The molecule has 1 saturated carbocycles. The highest BCUT2D eigenvalue weighted by atomic mass is 16.5. The van der Waals surface area contributed by atoms with Crippen LogP contribution in [0.15, 0.2) is 59.3 Å². The molecule has 7 heteroatoms. The molecule has 0 amide bonds. The molecular weight excluding hydrogens is 364 g/mol. The molecule has 0 radical (unpaired) electrons. The van der Waals surface area contributed by atoms with E-state index in [4.69, 9.17) is 10.3 Å². The molecule has 1 aliphatic carbocycles. The van der Waals surface area contributed by atoms with Crippen LogP contribution in [-0.4, -0.2) is 25.1 Å². The largest absolute Gasteiger partial charge is 0.332 e. The highest BCUT2D eigenvalue weighted by molar-refractivity contribution is 5.70. The predicted octanol–water partition coefficient (Wildman–Crippen LogP) is 4.41. The van der Waals surface area contributed by atoms with E-state index in [1.165, 1.54) is 6.42 Å². The maximum atomic E-state index is 5.94. The van der Waals surface area contributed by atoms with Gasteiger partial charge in [0.15, 0.2) is 5.69 Å². The maximum Gasteiger partial charge on any atom is 0.280 e. The Morgan fingerprint density at radius 1 is 1.07 bits per heavy atom. The lowest BCUT2D eigenvalue weighted by molar-refractivity contribution is 0.284. The minimum atomic E-state index is 0.0235. The van der Waals surface area contributed by atoms with Crippen molar-refractivity contribution in [1.82, 2.24) is 25.1 Å². The molecule has 0 saturated heterocycles. The molecule has 1 fully saturated rings. The van der Waals surface area contributed by atoms with Crippen LogP contribution < -0.4 is 5.73 Å². The smallest absolute Gasteiger partial charge is 0.280 e. The molecule has 2 heterocycles. The van der Waals surface area contributed by atoms with Crippen LogP contribution in [0.3, 0.4) is 0 Å². The van der Waals surface area contributed by atoms with Gasteiger partial charge < -0.3 is 10.3 Å². The van der Waals surface area contributed by atoms with Crippen LogP contribution in [-0.2, 0) is 0 Å². The molecule has 1 atom stereocenters. The second-order valence-corrected chi connectivity index (χ2v) is 7.58. The Labute approximate surface area is 168 Å². The zero-order valence-corrected chi connectivity index (χ0v) is 16.2. The second-order valence-electron chi connectivity index (χ2n) is 7.58. The van der Waals surface area contributed by atoms with Crippen molar-refractivity contribution in [1.29, 1.82) is 0 Å². The summed E-state index contributed by atoms with van der Waals surface area (Å²) >= 11 is 0. The zero-order valence-electron chi connectivity index (χ0n) is 16.2. The SMILES string of the molecule is CC(N)c1ccc(-c2cccc(-c3noc(-c4cn(C5CCC5)nn4)n3)c2)cc1. The maximum absolute atomic E-state index is 5.94. The van der Waals surface area contributed by atoms with E-state index < -0.39 is 0 Å². The number of nitrogens with two attached hydrogens (primary N) is 1. The van der Waals surface area contributed by atoms with Crippen molar-refractivity contribution in [3.63, 3.8) is 0 Å². The van der Waals surface area contributed by atoms with Gasteiger partial charge in [-0.2, -0.15) is 4.98 Å². The number of nitrogens with zero attached hydrogens (tertiary/aromatic N) is 5. The lowest BCUT2D eigenvalue weighted by atomic mass is 9.93. The van der Waals surface area contributed by atoms with Crippen LogP contribution in [0.25, 0.3) is 34.1 Å². The van der Waals surface area contributed by atoms with Gasteiger partial charge in [0.25, 0.3) is 5.89 Å². The topological polar surface area (TPSA) is 95.7 Å². The summed E-state index contributed by atoms with van der Waals surface area (Å²) in [5, 5.41) is 12.5. The van der Waals surface area contributed by atoms with Crippen molar-refractivity contribution in [2.75, 3.05) is 0 Å². The quantitative estimate of drug-likeness (QED) is 0.546. The average Bonchev–Trinajstić information content (AvgIpc) is 3.37. The van der Waals surface area contributed by atoms with Crippen LogP contribution in [0.2, 0.25) is 0 Å². The Morgan fingerprint density at radius 3 is 2.59 bits per heavy atom. The number of hydrogen-bond donors (Lipinski definition) is 1. The summed E-state index contributed by atoms with van der Waals surface area (Å²) in [5.41, 5.74) is 10.8. The molecular formula is C22H22N6O. The van der Waals surface area contributed by atoms with Gasteiger partial charge in [-0.05, 0) is 48.9 Å². The Bertz CT molecular complexity index is 1120. The molecule has 0 bridgehead atoms. The third-order valence-electron chi connectivity index (χ3n) is 5.49.